The van der Waals surface area contributed by atoms with E-state index >= 15 is 0 Å². The largest absolute Gasteiger partial charge is 0.368 e. The summed E-state index contributed by atoms with van der Waals surface area (Å²) in [6, 6.07) is 17.8. The van der Waals surface area contributed by atoms with Crippen LogP contribution < -0.4 is 4.90 Å². The molecule has 154 valence electrons. The first kappa shape index (κ1) is 20.2. The Morgan fingerprint density at radius 3 is 2.43 bits per heavy atom. The zero-order valence-corrected chi connectivity index (χ0v) is 17.6. The molecule has 6 nitrogen and oxygen atoms in total. The number of piperazine rings is 1. The number of para-hydroxylation sites is 1. The van der Waals surface area contributed by atoms with E-state index in [9.17, 15) is 14.4 Å². The van der Waals surface area contributed by atoms with E-state index in [0.717, 1.165) is 46.6 Å². The predicted octanol–water partition coefficient (Wildman–Crippen LogP) is 3.38. The number of hydrogen-bond acceptors (Lipinski definition) is 5. The number of hydrogen-bond donors (Lipinski definition) is 0. The number of aryl methyl sites for hydroxylation is 1. The molecule has 2 saturated heterocycles. The van der Waals surface area contributed by atoms with Gasteiger partial charge in [-0.2, -0.15) is 0 Å². The van der Waals surface area contributed by atoms with Crippen molar-refractivity contribution in [1.82, 2.24) is 9.80 Å². The Morgan fingerprint density at radius 2 is 1.73 bits per heavy atom. The molecule has 0 radical (unpaired) electrons. The molecule has 0 aliphatic carbocycles. The van der Waals surface area contributed by atoms with E-state index in [0.29, 0.717) is 18.0 Å². The molecule has 2 heterocycles. The van der Waals surface area contributed by atoms with Crippen LogP contribution in [0.2, 0.25) is 0 Å². The van der Waals surface area contributed by atoms with Crippen LogP contribution in [0.5, 0.6) is 0 Å². The van der Waals surface area contributed by atoms with E-state index in [1.165, 1.54) is 0 Å². The van der Waals surface area contributed by atoms with Gasteiger partial charge < -0.3 is 9.80 Å². The molecule has 2 aromatic carbocycles. The zero-order chi connectivity index (χ0) is 21.1. The van der Waals surface area contributed by atoms with Crippen molar-refractivity contribution >= 4 is 40.6 Å². The standard InChI is InChI=1S/C23H23N3O3S/c1-17-6-5-7-18(14-17)15-20-22(28)26(23(29)30-20)16-21(27)25-12-10-24(11-13-25)19-8-3-2-4-9-19/h2-9,14-15H,10-13,16H2,1H3/b20-15+. The Kier molecular flexibility index (Phi) is 5.90. The van der Waals surface area contributed by atoms with Crippen LogP contribution >= 0.6 is 11.8 Å². The van der Waals surface area contributed by atoms with Gasteiger partial charge in [-0.05, 0) is 42.5 Å². The van der Waals surface area contributed by atoms with Crippen LogP contribution in [0.25, 0.3) is 6.08 Å². The molecule has 2 aliphatic heterocycles. The molecule has 0 unspecified atom stereocenters. The van der Waals surface area contributed by atoms with E-state index in [4.69, 9.17) is 0 Å². The van der Waals surface area contributed by atoms with Crippen LogP contribution in [-0.2, 0) is 9.59 Å². The fourth-order valence-electron chi connectivity index (χ4n) is 3.64. The number of rotatable bonds is 4. The quantitative estimate of drug-likeness (QED) is 0.709. The lowest BCUT2D eigenvalue weighted by Gasteiger charge is -2.36. The average molecular weight is 422 g/mol. The minimum absolute atomic E-state index is 0.193. The Bertz CT molecular complexity index is 998. The van der Waals surface area contributed by atoms with E-state index in [1.807, 2.05) is 49.4 Å². The molecule has 0 bridgehead atoms. The van der Waals surface area contributed by atoms with Gasteiger partial charge in [0, 0.05) is 31.9 Å². The summed E-state index contributed by atoms with van der Waals surface area (Å²) in [4.78, 5) is 43.2. The van der Waals surface area contributed by atoms with Gasteiger partial charge in [0.1, 0.15) is 6.54 Å². The molecular weight excluding hydrogens is 398 g/mol. The zero-order valence-electron chi connectivity index (χ0n) is 16.8. The molecule has 3 amide bonds. The third-order valence-electron chi connectivity index (χ3n) is 5.26. The monoisotopic (exact) mass is 421 g/mol. The van der Waals surface area contributed by atoms with Gasteiger partial charge in [-0.1, -0.05) is 48.0 Å². The minimum Gasteiger partial charge on any atom is -0.368 e. The van der Waals surface area contributed by atoms with Crippen LogP contribution in [-0.4, -0.2) is 59.6 Å². The summed E-state index contributed by atoms with van der Waals surface area (Å²) in [6.07, 6.45) is 1.71. The fraction of sp³-hybridized carbons (Fsp3) is 0.261. The topological polar surface area (TPSA) is 60.9 Å². The molecule has 2 aromatic rings. The SMILES string of the molecule is Cc1cccc(/C=C2/SC(=O)N(CC(=O)N3CCN(c4ccccc4)CC3)C2=O)c1. The summed E-state index contributed by atoms with van der Waals surface area (Å²) >= 11 is 0.888. The lowest BCUT2D eigenvalue weighted by atomic mass is 10.1. The van der Waals surface area contributed by atoms with E-state index in [-0.39, 0.29) is 12.5 Å². The number of imide groups is 1. The number of nitrogens with zero attached hydrogens (tertiary/aromatic N) is 3. The van der Waals surface area contributed by atoms with Gasteiger partial charge in [0.2, 0.25) is 5.91 Å². The maximum atomic E-state index is 12.7. The molecule has 0 N–H and O–H groups in total. The Hall–Kier alpha value is -3.06. The molecular formula is C23H23N3O3S. The van der Waals surface area contributed by atoms with E-state index in [1.54, 1.807) is 11.0 Å². The van der Waals surface area contributed by atoms with Gasteiger partial charge >= 0.3 is 0 Å². The summed E-state index contributed by atoms with van der Waals surface area (Å²) < 4.78 is 0. The Balaban J connectivity index is 1.37. The third-order valence-corrected chi connectivity index (χ3v) is 6.17. The summed E-state index contributed by atoms with van der Waals surface area (Å²) in [6.45, 7) is 4.36. The number of amides is 3. The van der Waals surface area contributed by atoms with Crippen LogP contribution in [0.15, 0.2) is 59.5 Å². The third kappa shape index (κ3) is 4.41. The molecule has 2 fully saturated rings. The normalized spacial score (nSPS) is 18.4. The first-order chi connectivity index (χ1) is 14.5. The highest BCUT2D eigenvalue weighted by atomic mass is 32.2. The Morgan fingerprint density at radius 1 is 1.00 bits per heavy atom. The number of benzene rings is 2. The minimum atomic E-state index is -0.400. The molecule has 7 heteroatoms. The highest BCUT2D eigenvalue weighted by Gasteiger charge is 2.37. The van der Waals surface area contributed by atoms with Crippen LogP contribution in [0, 0.1) is 6.92 Å². The number of carbonyl (C=O) groups is 3. The molecule has 4 rings (SSSR count). The second-order valence-corrected chi connectivity index (χ2v) is 8.38. The lowest BCUT2D eigenvalue weighted by Crippen LogP contribution is -2.51. The molecule has 0 aromatic heterocycles. The van der Waals surface area contributed by atoms with Crippen molar-refractivity contribution in [3.8, 4) is 0 Å². The van der Waals surface area contributed by atoms with Crippen molar-refractivity contribution in [3.63, 3.8) is 0 Å². The number of anilines is 1. The van der Waals surface area contributed by atoms with E-state index < -0.39 is 11.1 Å². The number of carbonyl (C=O) groups excluding carboxylic acids is 3. The highest BCUT2D eigenvalue weighted by molar-refractivity contribution is 8.18. The molecule has 0 atom stereocenters. The van der Waals surface area contributed by atoms with Gasteiger partial charge in [-0.3, -0.25) is 19.3 Å². The van der Waals surface area contributed by atoms with Crippen molar-refractivity contribution in [3.05, 3.63) is 70.6 Å². The summed E-state index contributed by atoms with van der Waals surface area (Å²) in [7, 11) is 0. The molecule has 0 saturated carbocycles. The smallest absolute Gasteiger partial charge is 0.294 e. The fourth-order valence-corrected chi connectivity index (χ4v) is 4.47. The van der Waals surface area contributed by atoms with Crippen LogP contribution in [0.1, 0.15) is 11.1 Å². The summed E-state index contributed by atoms with van der Waals surface area (Å²) in [5.41, 5.74) is 3.08. The van der Waals surface area contributed by atoms with Crippen molar-refractivity contribution in [2.45, 2.75) is 6.92 Å². The van der Waals surface area contributed by atoms with Crippen molar-refractivity contribution < 1.29 is 14.4 Å². The van der Waals surface area contributed by atoms with Gasteiger partial charge in [0.05, 0.1) is 4.91 Å². The molecule has 0 spiro atoms. The van der Waals surface area contributed by atoms with Gasteiger partial charge in [-0.25, -0.2) is 0 Å². The maximum absolute atomic E-state index is 12.7. The van der Waals surface area contributed by atoms with Crippen molar-refractivity contribution in [1.29, 1.82) is 0 Å². The second-order valence-electron chi connectivity index (χ2n) is 7.39. The Labute approximate surface area is 180 Å². The first-order valence-corrected chi connectivity index (χ1v) is 10.7. The van der Waals surface area contributed by atoms with Crippen molar-refractivity contribution in [2.24, 2.45) is 0 Å². The average Bonchev–Trinajstić information content (AvgIpc) is 3.02. The second kappa shape index (κ2) is 8.75. The maximum Gasteiger partial charge on any atom is 0.294 e. The summed E-state index contributed by atoms with van der Waals surface area (Å²) in [5.74, 6) is -0.593. The van der Waals surface area contributed by atoms with Crippen LogP contribution in [0.4, 0.5) is 10.5 Å². The highest BCUT2D eigenvalue weighted by Crippen LogP contribution is 2.32. The first-order valence-electron chi connectivity index (χ1n) is 9.91. The van der Waals surface area contributed by atoms with E-state index in [2.05, 4.69) is 17.0 Å². The molecule has 30 heavy (non-hydrogen) atoms. The molecule has 2 aliphatic rings. The summed E-state index contributed by atoms with van der Waals surface area (Å²) in [5, 5.41) is -0.393. The van der Waals surface area contributed by atoms with Crippen molar-refractivity contribution in [2.75, 3.05) is 37.6 Å². The van der Waals surface area contributed by atoms with Crippen LogP contribution in [0.3, 0.4) is 0 Å². The lowest BCUT2D eigenvalue weighted by molar-refractivity contribution is -0.136. The van der Waals surface area contributed by atoms with Gasteiger partial charge in [0.15, 0.2) is 0 Å². The van der Waals surface area contributed by atoms with Gasteiger partial charge in [0.25, 0.3) is 11.1 Å². The predicted molar refractivity (Wildman–Crippen MR) is 119 cm³/mol. The van der Waals surface area contributed by atoms with Gasteiger partial charge in [-0.15, -0.1) is 0 Å². The number of thioether (sulfide) groups is 1.